The van der Waals surface area contributed by atoms with Gasteiger partial charge in [0, 0.05) is 55.4 Å². The number of guanidine groups is 1. The smallest absolute Gasteiger partial charge is 0.205 e. The monoisotopic (exact) mass is 370 g/mol. The molecule has 0 unspecified atom stereocenters. The number of nitrogens with zero attached hydrogens (tertiary/aromatic N) is 5. The number of rotatable bonds is 6. The minimum atomic E-state index is 0.172. The van der Waals surface area contributed by atoms with Crippen molar-refractivity contribution in [3.05, 3.63) is 5.82 Å². The zero-order chi connectivity index (χ0) is 17.6. The molecule has 1 aromatic heterocycles. The highest BCUT2D eigenvalue weighted by atomic mass is 32.2. The van der Waals surface area contributed by atoms with Gasteiger partial charge in [-0.25, -0.2) is 4.98 Å². The number of aryl methyl sites for hydroxylation is 1. The molecule has 136 valence electrons. The van der Waals surface area contributed by atoms with E-state index in [1.165, 1.54) is 11.5 Å². The Balaban J connectivity index is 1.95. The molecule has 0 aromatic carbocycles. The van der Waals surface area contributed by atoms with Gasteiger partial charge in [-0.2, -0.15) is 16.1 Å². The van der Waals surface area contributed by atoms with Gasteiger partial charge in [-0.3, -0.25) is 4.99 Å². The van der Waals surface area contributed by atoms with Gasteiger partial charge in [-0.15, -0.1) is 0 Å². The highest BCUT2D eigenvalue weighted by Crippen LogP contribution is 2.22. The van der Waals surface area contributed by atoms with Crippen molar-refractivity contribution in [1.29, 1.82) is 0 Å². The lowest BCUT2D eigenvalue weighted by Crippen LogP contribution is -2.52. The van der Waals surface area contributed by atoms with Crippen molar-refractivity contribution in [2.45, 2.75) is 38.9 Å². The van der Waals surface area contributed by atoms with Gasteiger partial charge < -0.3 is 15.1 Å². The first-order valence-corrected chi connectivity index (χ1v) is 10.6. The maximum atomic E-state index is 4.86. The van der Waals surface area contributed by atoms with Gasteiger partial charge in [0.25, 0.3) is 0 Å². The fourth-order valence-corrected chi connectivity index (χ4v) is 3.38. The second kappa shape index (κ2) is 8.89. The third-order valence-corrected chi connectivity index (χ3v) is 6.17. The fraction of sp³-hybridized carbons (Fsp3) is 0.812. The Labute approximate surface area is 154 Å². The topological polar surface area (TPSA) is 56.7 Å². The quantitative estimate of drug-likeness (QED) is 0.613. The van der Waals surface area contributed by atoms with Gasteiger partial charge in [-0.1, -0.05) is 6.92 Å². The minimum Gasteiger partial charge on any atom is -0.357 e. The molecule has 0 saturated carbocycles. The van der Waals surface area contributed by atoms with E-state index in [1.807, 2.05) is 11.8 Å². The molecule has 1 N–H and O–H groups in total. The standard InChI is InChI=1S/C16H30N6S2/c1-6-13-19-15(24-20-13)22-10-8-21(9-11-22)14(17-7-2)18-12-16(3,4)23-5/h6-12H2,1-5H3,(H,17,18). The van der Waals surface area contributed by atoms with Crippen molar-refractivity contribution in [3.8, 4) is 0 Å². The van der Waals surface area contributed by atoms with Crippen LogP contribution in [0.4, 0.5) is 5.13 Å². The molecule has 0 radical (unpaired) electrons. The molecule has 2 heterocycles. The number of thioether (sulfide) groups is 1. The summed E-state index contributed by atoms with van der Waals surface area (Å²) in [4.78, 5) is 14.2. The number of aliphatic imine (C=N–C) groups is 1. The molecule has 24 heavy (non-hydrogen) atoms. The molecule has 1 fully saturated rings. The lowest BCUT2D eigenvalue weighted by atomic mass is 10.2. The highest BCUT2D eigenvalue weighted by Gasteiger charge is 2.23. The van der Waals surface area contributed by atoms with Crippen LogP contribution in [-0.4, -0.2) is 70.5 Å². The van der Waals surface area contributed by atoms with Crippen LogP contribution in [0, 0.1) is 0 Å². The lowest BCUT2D eigenvalue weighted by Gasteiger charge is -2.36. The molecular weight excluding hydrogens is 340 g/mol. The fourth-order valence-electron chi connectivity index (χ4n) is 2.38. The minimum absolute atomic E-state index is 0.172. The third-order valence-electron chi connectivity index (χ3n) is 4.12. The van der Waals surface area contributed by atoms with E-state index in [9.17, 15) is 0 Å². The first kappa shape index (κ1) is 19.3. The van der Waals surface area contributed by atoms with Crippen LogP contribution in [0.1, 0.15) is 33.5 Å². The lowest BCUT2D eigenvalue weighted by molar-refractivity contribution is 0.372. The average Bonchev–Trinajstić information content (AvgIpc) is 3.08. The second-order valence-corrected chi connectivity index (χ2v) is 8.70. The molecule has 1 saturated heterocycles. The van der Waals surface area contributed by atoms with Gasteiger partial charge >= 0.3 is 0 Å². The van der Waals surface area contributed by atoms with Gasteiger partial charge in [-0.05, 0) is 27.0 Å². The zero-order valence-corrected chi connectivity index (χ0v) is 17.1. The molecule has 0 spiro atoms. The first-order valence-electron chi connectivity index (χ1n) is 8.65. The number of aromatic nitrogens is 2. The summed E-state index contributed by atoms with van der Waals surface area (Å²) in [5, 5.41) is 4.49. The van der Waals surface area contributed by atoms with E-state index in [0.29, 0.717) is 0 Å². The maximum Gasteiger partial charge on any atom is 0.205 e. The van der Waals surface area contributed by atoms with E-state index in [0.717, 1.165) is 62.6 Å². The van der Waals surface area contributed by atoms with E-state index in [4.69, 9.17) is 4.99 Å². The van der Waals surface area contributed by atoms with Crippen LogP contribution in [0.25, 0.3) is 0 Å². The van der Waals surface area contributed by atoms with Crippen molar-refractivity contribution in [2.75, 3.05) is 50.4 Å². The van der Waals surface area contributed by atoms with Crippen molar-refractivity contribution < 1.29 is 0 Å². The Morgan fingerprint density at radius 2 is 2.00 bits per heavy atom. The number of piperazine rings is 1. The summed E-state index contributed by atoms with van der Waals surface area (Å²) in [7, 11) is 0. The summed E-state index contributed by atoms with van der Waals surface area (Å²) >= 11 is 3.38. The molecule has 1 aliphatic heterocycles. The molecule has 0 bridgehead atoms. The maximum absolute atomic E-state index is 4.86. The molecule has 0 amide bonds. The second-order valence-electron chi connectivity index (χ2n) is 6.45. The molecule has 0 aliphatic carbocycles. The van der Waals surface area contributed by atoms with E-state index < -0.39 is 0 Å². The van der Waals surface area contributed by atoms with Crippen LogP contribution in [0.2, 0.25) is 0 Å². The van der Waals surface area contributed by atoms with E-state index in [1.54, 1.807) is 0 Å². The van der Waals surface area contributed by atoms with Crippen LogP contribution < -0.4 is 10.2 Å². The van der Waals surface area contributed by atoms with Gasteiger partial charge in [0.2, 0.25) is 5.13 Å². The van der Waals surface area contributed by atoms with Crippen LogP contribution in [0.3, 0.4) is 0 Å². The number of anilines is 1. The summed E-state index contributed by atoms with van der Waals surface area (Å²) in [6.45, 7) is 14.3. The summed E-state index contributed by atoms with van der Waals surface area (Å²) in [5.41, 5.74) is 0. The van der Waals surface area contributed by atoms with Crippen LogP contribution in [0.5, 0.6) is 0 Å². The van der Waals surface area contributed by atoms with Crippen molar-refractivity contribution in [2.24, 2.45) is 4.99 Å². The molecule has 2 rings (SSSR count). The molecule has 0 atom stereocenters. The zero-order valence-electron chi connectivity index (χ0n) is 15.5. The van der Waals surface area contributed by atoms with E-state index in [-0.39, 0.29) is 4.75 Å². The van der Waals surface area contributed by atoms with Gasteiger partial charge in [0.05, 0.1) is 6.54 Å². The Hall–Kier alpha value is -1.02. The van der Waals surface area contributed by atoms with Gasteiger partial charge in [0.1, 0.15) is 5.82 Å². The number of hydrogen-bond donors (Lipinski definition) is 1. The predicted molar refractivity (Wildman–Crippen MR) is 107 cm³/mol. The Morgan fingerprint density at radius 1 is 1.29 bits per heavy atom. The Kier molecular flexibility index (Phi) is 7.16. The summed E-state index contributed by atoms with van der Waals surface area (Å²) in [6, 6.07) is 0. The van der Waals surface area contributed by atoms with Crippen LogP contribution in [-0.2, 0) is 6.42 Å². The van der Waals surface area contributed by atoms with Crippen molar-refractivity contribution >= 4 is 34.4 Å². The van der Waals surface area contributed by atoms with Gasteiger partial charge in [0.15, 0.2) is 5.96 Å². The van der Waals surface area contributed by atoms with Crippen LogP contribution in [0.15, 0.2) is 4.99 Å². The highest BCUT2D eigenvalue weighted by molar-refractivity contribution is 7.99. The SMILES string of the molecule is CCNC(=NCC(C)(C)SC)N1CCN(c2nc(CC)ns2)CC1. The van der Waals surface area contributed by atoms with Crippen LogP contribution >= 0.6 is 23.3 Å². The summed E-state index contributed by atoms with van der Waals surface area (Å²) < 4.78 is 4.57. The Bertz CT molecular complexity index is 534. The summed E-state index contributed by atoms with van der Waals surface area (Å²) in [5.74, 6) is 1.98. The molecule has 1 aliphatic rings. The van der Waals surface area contributed by atoms with E-state index >= 15 is 0 Å². The molecule has 6 nitrogen and oxygen atoms in total. The normalized spacial score (nSPS) is 16.6. The summed E-state index contributed by atoms with van der Waals surface area (Å²) in [6.07, 6.45) is 3.05. The van der Waals surface area contributed by atoms with E-state index in [2.05, 4.69) is 58.4 Å². The number of nitrogens with one attached hydrogen (secondary N) is 1. The number of hydrogen-bond acceptors (Lipinski definition) is 6. The average molecular weight is 371 g/mol. The molecular formula is C16H30N6S2. The first-order chi connectivity index (χ1) is 11.5. The molecule has 8 heteroatoms. The Morgan fingerprint density at radius 3 is 2.54 bits per heavy atom. The van der Waals surface area contributed by atoms with Crippen molar-refractivity contribution in [3.63, 3.8) is 0 Å². The van der Waals surface area contributed by atoms with Crippen molar-refractivity contribution in [1.82, 2.24) is 19.6 Å². The predicted octanol–water partition coefficient (Wildman–Crippen LogP) is 2.33. The molecule has 1 aromatic rings. The third kappa shape index (κ3) is 5.24. The largest absolute Gasteiger partial charge is 0.357 e.